The van der Waals surface area contributed by atoms with Crippen LogP contribution in [-0.4, -0.2) is 89.2 Å². The standard InChI is InChI=1S/C26H54O12S.Na/c1-10-19-20-21-22-23(30-11-2,31-12-3)24(32-13-4,33-14-5)25(34-15-6,35-16-7)26(36-17-8,37-18-9)38-39(27,28)29;/h10-22H2,1-9H3,(H,27,28,29);/q;+1/p-1. The first-order chi connectivity index (χ1) is 18.5. The van der Waals surface area contributed by atoms with E-state index < -0.39 is 33.7 Å². The molecule has 0 bridgehead atoms. The molecule has 0 aromatic rings. The molecule has 0 rings (SSSR count). The van der Waals surface area contributed by atoms with Crippen LogP contribution in [0.15, 0.2) is 0 Å². The van der Waals surface area contributed by atoms with Crippen molar-refractivity contribution in [1.82, 2.24) is 0 Å². The molecule has 0 aliphatic heterocycles. The monoisotopic (exact) mass is 612 g/mol. The van der Waals surface area contributed by atoms with Gasteiger partial charge < -0.3 is 42.4 Å². The first kappa shape index (κ1) is 42.7. The Morgan fingerprint density at radius 1 is 0.525 bits per heavy atom. The predicted molar refractivity (Wildman–Crippen MR) is 143 cm³/mol. The second kappa shape index (κ2) is 21.3. The van der Waals surface area contributed by atoms with Gasteiger partial charge in [0.1, 0.15) is 0 Å². The minimum absolute atomic E-state index is 0. The summed E-state index contributed by atoms with van der Waals surface area (Å²) >= 11 is 0. The fourth-order valence-electron chi connectivity index (χ4n) is 4.77. The van der Waals surface area contributed by atoms with E-state index in [0.717, 1.165) is 19.3 Å². The van der Waals surface area contributed by atoms with Gasteiger partial charge in [0, 0.05) is 59.3 Å². The van der Waals surface area contributed by atoms with Crippen LogP contribution in [0, 0.1) is 0 Å². The summed E-state index contributed by atoms with van der Waals surface area (Å²) in [7, 11) is -5.48. The van der Waals surface area contributed by atoms with E-state index in [4.69, 9.17) is 42.1 Å². The fraction of sp³-hybridized carbons (Fsp3) is 1.00. The van der Waals surface area contributed by atoms with Crippen molar-refractivity contribution in [2.75, 3.05) is 52.9 Å². The van der Waals surface area contributed by atoms with Crippen LogP contribution in [0.2, 0.25) is 0 Å². The molecule has 14 heteroatoms. The van der Waals surface area contributed by atoms with Crippen molar-refractivity contribution in [3.05, 3.63) is 0 Å². The average Bonchev–Trinajstić information content (AvgIpc) is 2.85. The van der Waals surface area contributed by atoms with Crippen molar-refractivity contribution in [3.63, 3.8) is 0 Å². The zero-order valence-corrected chi connectivity index (χ0v) is 29.3. The summed E-state index contributed by atoms with van der Waals surface area (Å²) in [6, 6.07) is 0. The molecule has 0 unspecified atom stereocenters. The summed E-state index contributed by atoms with van der Waals surface area (Å²) in [6.45, 7) is 15.3. The number of hydrogen-bond acceptors (Lipinski definition) is 12. The molecule has 0 spiro atoms. The van der Waals surface area contributed by atoms with Gasteiger partial charge in [0.05, 0.1) is 0 Å². The van der Waals surface area contributed by atoms with Gasteiger partial charge >= 0.3 is 41.3 Å². The van der Waals surface area contributed by atoms with Crippen LogP contribution >= 0.6 is 0 Å². The normalized spacial score (nSPS) is 13.4. The summed E-state index contributed by atoms with van der Waals surface area (Å²) in [5, 5.41) is 0. The SMILES string of the molecule is CCCCCCC(OCC)(OCC)C(OCC)(OCC)C(OCC)(OCC)C(OCC)(OCC)OS(=O)(=O)[O-].[Na+]. The molecular formula is C26H53NaO12S. The van der Waals surface area contributed by atoms with Crippen LogP contribution in [0.3, 0.4) is 0 Å². The summed E-state index contributed by atoms with van der Waals surface area (Å²) in [6.07, 6.45) is 3.66. The molecule has 0 aliphatic carbocycles. The smallest absolute Gasteiger partial charge is 0.725 e. The van der Waals surface area contributed by atoms with Crippen molar-refractivity contribution in [2.24, 2.45) is 0 Å². The van der Waals surface area contributed by atoms with Crippen molar-refractivity contribution >= 4 is 10.4 Å². The summed E-state index contributed by atoms with van der Waals surface area (Å²) in [4.78, 5) is 0. The summed E-state index contributed by atoms with van der Waals surface area (Å²) in [5.74, 6) is -9.33. The molecule has 0 amide bonds. The maximum Gasteiger partial charge on any atom is 1.00 e. The maximum atomic E-state index is 12.2. The largest absolute Gasteiger partial charge is 1.00 e. The van der Waals surface area contributed by atoms with Gasteiger partial charge in [-0.1, -0.05) is 26.2 Å². The first-order valence-corrected chi connectivity index (χ1v) is 15.6. The minimum atomic E-state index is -5.48. The van der Waals surface area contributed by atoms with E-state index >= 15 is 0 Å². The van der Waals surface area contributed by atoms with E-state index in [-0.39, 0.29) is 88.8 Å². The van der Waals surface area contributed by atoms with Gasteiger partial charge in [-0.15, -0.1) is 0 Å². The third-order valence-electron chi connectivity index (χ3n) is 5.72. The quantitative estimate of drug-likeness (QED) is 0.0459. The molecule has 0 saturated carbocycles. The Kier molecular flexibility index (Phi) is 22.7. The number of rotatable bonds is 26. The number of unbranched alkanes of at least 4 members (excludes halogenated alkanes) is 3. The molecule has 40 heavy (non-hydrogen) atoms. The predicted octanol–water partition coefficient (Wildman–Crippen LogP) is 1.47. The zero-order valence-electron chi connectivity index (χ0n) is 26.5. The molecule has 0 atom stereocenters. The van der Waals surface area contributed by atoms with Crippen LogP contribution < -0.4 is 29.6 Å². The Balaban J connectivity index is 0. The second-order valence-electron chi connectivity index (χ2n) is 8.31. The number of ether oxygens (including phenoxy) is 8. The van der Waals surface area contributed by atoms with Crippen LogP contribution in [0.5, 0.6) is 0 Å². The average molecular weight is 613 g/mol. The maximum absolute atomic E-state index is 12.2. The molecule has 0 aromatic heterocycles. The van der Waals surface area contributed by atoms with E-state index in [0.29, 0.717) is 6.42 Å². The summed E-state index contributed by atoms with van der Waals surface area (Å²) < 4.78 is 91.7. The molecule has 0 heterocycles. The van der Waals surface area contributed by atoms with Gasteiger partial charge in [0.15, 0.2) is 0 Å². The van der Waals surface area contributed by atoms with E-state index in [2.05, 4.69) is 6.92 Å². The van der Waals surface area contributed by atoms with Crippen LogP contribution in [0.25, 0.3) is 0 Å². The third kappa shape index (κ3) is 10.3. The van der Waals surface area contributed by atoms with Gasteiger partial charge in [0.2, 0.25) is 16.2 Å². The summed E-state index contributed by atoms with van der Waals surface area (Å²) in [5.41, 5.74) is 0. The van der Waals surface area contributed by atoms with Gasteiger partial charge in [0.25, 0.3) is 5.79 Å². The van der Waals surface area contributed by atoms with Crippen LogP contribution in [0.4, 0.5) is 0 Å². The molecule has 0 aromatic carbocycles. The van der Waals surface area contributed by atoms with Crippen molar-refractivity contribution in [1.29, 1.82) is 0 Å². The van der Waals surface area contributed by atoms with E-state index in [9.17, 15) is 13.0 Å². The Hall–Kier alpha value is 0.550. The zero-order chi connectivity index (χ0) is 30.1. The van der Waals surface area contributed by atoms with Crippen LogP contribution in [-0.2, 0) is 52.5 Å². The molecule has 0 fully saturated rings. The van der Waals surface area contributed by atoms with Gasteiger partial charge in [-0.2, -0.15) is 0 Å². The Labute approximate surface area is 264 Å². The fourth-order valence-corrected chi connectivity index (χ4v) is 5.24. The van der Waals surface area contributed by atoms with Crippen molar-refractivity contribution < 1.29 is 84.6 Å². The van der Waals surface area contributed by atoms with Crippen molar-refractivity contribution in [3.8, 4) is 0 Å². The molecule has 0 radical (unpaired) electrons. The second-order valence-corrected chi connectivity index (χ2v) is 9.29. The topological polar surface area (TPSA) is 140 Å². The third-order valence-corrected chi connectivity index (χ3v) is 6.15. The van der Waals surface area contributed by atoms with Gasteiger partial charge in [-0.3, -0.25) is 0 Å². The molecule has 12 nitrogen and oxygen atoms in total. The van der Waals surface area contributed by atoms with Crippen LogP contribution in [0.1, 0.15) is 94.4 Å². The van der Waals surface area contributed by atoms with Crippen molar-refractivity contribution in [2.45, 2.75) is 118 Å². The number of hydrogen-bond donors (Lipinski definition) is 0. The van der Waals surface area contributed by atoms with E-state index in [1.54, 1.807) is 55.4 Å². The van der Waals surface area contributed by atoms with Gasteiger partial charge in [-0.25, -0.2) is 12.6 Å². The molecule has 236 valence electrons. The Morgan fingerprint density at radius 2 is 0.900 bits per heavy atom. The Bertz CT molecular complexity index is 713. The molecular weight excluding hydrogens is 559 g/mol. The molecule has 0 N–H and O–H groups in total. The Morgan fingerprint density at radius 3 is 1.23 bits per heavy atom. The van der Waals surface area contributed by atoms with Gasteiger partial charge in [-0.05, 0) is 61.8 Å². The first-order valence-electron chi connectivity index (χ1n) is 14.3. The van der Waals surface area contributed by atoms with E-state index in [1.165, 1.54) is 0 Å². The molecule has 0 aliphatic rings. The molecule has 0 saturated heterocycles. The van der Waals surface area contributed by atoms with E-state index in [1.807, 2.05) is 0 Å². The minimum Gasteiger partial charge on any atom is -0.725 e.